The summed E-state index contributed by atoms with van der Waals surface area (Å²) in [5.74, 6) is 1.55. The van der Waals surface area contributed by atoms with Crippen molar-refractivity contribution >= 4 is 11.6 Å². The maximum atomic E-state index is 6.35. The summed E-state index contributed by atoms with van der Waals surface area (Å²) < 4.78 is 11.9. The van der Waals surface area contributed by atoms with Crippen LogP contribution in [0.5, 0.6) is 11.5 Å². The molecule has 0 aliphatic heterocycles. The zero-order valence-corrected chi connectivity index (χ0v) is 16.8. The van der Waals surface area contributed by atoms with Gasteiger partial charge in [0.2, 0.25) is 0 Å². The van der Waals surface area contributed by atoms with Crippen molar-refractivity contribution in [1.29, 1.82) is 0 Å². The smallest absolute Gasteiger partial charge is 0.127 e. The number of hydrogen-bond donors (Lipinski definition) is 0. The fourth-order valence-corrected chi connectivity index (χ4v) is 3.03. The molecular weight excluding hydrogens is 356 g/mol. The lowest BCUT2D eigenvalue weighted by Crippen LogP contribution is -2.24. The monoisotopic (exact) mass is 380 g/mol. The van der Waals surface area contributed by atoms with E-state index in [4.69, 9.17) is 21.1 Å². The first-order valence-electron chi connectivity index (χ1n) is 9.10. The Morgan fingerprint density at radius 3 is 2.26 bits per heavy atom. The van der Waals surface area contributed by atoms with Gasteiger partial charge >= 0.3 is 0 Å². The maximum absolute atomic E-state index is 6.35. The van der Waals surface area contributed by atoms with Crippen LogP contribution in [0.3, 0.4) is 0 Å². The standard InChI is InChI=1S/C24H25ClO2/c1-18-9-11-20(12-10-18)24(2,3)17-26-16-19-15-22(13-14-23(19)25)27-21-7-5-4-6-8-21/h4-15H,16-17H2,1-3H3. The van der Waals surface area contributed by atoms with E-state index in [9.17, 15) is 0 Å². The van der Waals surface area contributed by atoms with Crippen molar-refractivity contribution in [2.24, 2.45) is 0 Å². The minimum Gasteiger partial charge on any atom is -0.457 e. The summed E-state index contributed by atoms with van der Waals surface area (Å²) in [7, 11) is 0. The van der Waals surface area contributed by atoms with Crippen LogP contribution in [-0.2, 0) is 16.8 Å². The molecule has 0 fully saturated rings. The van der Waals surface area contributed by atoms with Crippen LogP contribution in [-0.4, -0.2) is 6.61 Å². The molecule has 0 N–H and O–H groups in total. The molecule has 3 aromatic carbocycles. The van der Waals surface area contributed by atoms with Crippen molar-refractivity contribution in [3.63, 3.8) is 0 Å². The van der Waals surface area contributed by atoms with Crippen molar-refractivity contribution in [3.8, 4) is 11.5 Å². The average Bonchev–Trinajstić information content (AvgIpc) is 2.65. The van der Waals surface area contributed by atoms with Crippen molar-refractivity contribution in [2.75, 3.05) is 6.61 Å². The van der Waals surface area contributed by atoms with Gasteiger partial charge in [0.05, 0.1) is 13.2 Å². The number of hydrogen-bond acceptors (Lipinski definition) is 2. The van der Waals surface area contributed by atoms with Crippen LogP contribution in [0, 0.1) is 6.92 Å². The highest BCUT2D eigenvalue weighted by Crippen LogP contribution is 2.28. The molecule has 0 heterocycles. The summed E-state index contributed by atoms with van der Waals surface area (Å²) in [6, 6.07) is 24.0. The van der Waals surface area contributed by atoms with Gasteiger partial charge in [-0.15, -0.1) is 0 Å². The molecule has 0 aliphatic carbocycles. The summed E-state index contributed by atoms with van der Waals surface area (Å²) in [5.41, 5.74) is 3.38. The second-order valence-electron chi connectivity index (χ2n) is 7.41. The van der Waals surface area contributed by atoms with E-state index in [2.05, 4.69) is 45.0 Å². The van der Waals surface area contributed by atoms with Crippen molar-refractivity contribution in [3.05, 3.63) is 94.5 Å². The van der Waals surface area contributed by atoms with Gasteiger partial charge < -0.3 is 9.47 Å². The molecule has 3 heteroatoms. The Bertz CT molecular complexity index is 871. The zero-order chi connectivity index (χ0) is 19.3. The third-order valence-electron chi connectivity index (χ3n) is 4.55. The normalized spacial score (nSPS) is 11.4. The Morgan fingerprint density at radius 1 is 0.852 bits per heavy atom. The van der Waals surface area contributed by atoms with Crippen LogP contribution in [0.4, 0.5) is 0 Å². The number of para-hydroxylation sites is 1. The fraction of sp³-hybridized carbons (Fsp3) is 0.250. The molecule has 0 radical (unpaired) electrons. The third kappa shape index (κ3) is 5.35. The Balaban J connectivity index is 1.63. The molecule has 3 rings (SSSR count). The largest absolute Gasteiger partial charge is 0.457 e. The van der Waals surface area contributed by atoms with E-state index in [0.29, 0.717) is 18.2 Å². The van der Waals surface area contributed by atoms with Crippen molar-refractivity contribution in [2.45, 2.75) is 32.8 Å². The van der Waals surface area contributed by atoms with Gasteiger partial charge in [-0.1, -0.05) is 73.5 Å². The summed E-state index contributed by atoms with van der Waals surface area (Å²) in [4.78, 5) is 0. The van der Waals surface area contributed by atoms with E-state index in [0.717, 1.165) is 17.1 Å². The van der Waals surface area contributed by atoms with E-state index in [1.54, 1.807) is 0 Å². The van der Waals surface area contributed by atoms with Crippen LogP contribution >= 0.6 is 11.6 Å². The van der Waals surface area contributed by atoms with Gasteiger partial charge in [0.1, 0.15) is 11.5 Å². The summed E-state index contributed by atoms with van der Waals surface area (Å²) in [6.45, 7) is 7.53. The molecule has 0 atom stereocenters. The van der Waals surface area contributed by atoms with E-state index < -0.39 is 0 Å². The SMILES string of the molecule is Cc1ccc(C(C)(C)COCc2cc(Oc3ccccc3)ccc2Cl)cc1. The highest BCUT2D eigenvalue weighted by atomic mass is 35.5. The molecule has 0 aliphatic rings. The first kappa shape index (κ1) is 19.5. The minimum atomic E-state index is -0.0711. The molecule has 0 unspecified atom stereocenters. The molecule has 0 spiro atoms. The van der Waals surface area contributed by atoms with Crippen molar-refractivity contribution in [1.82, 2.24) is 0 Å². The number of aryl methyl sites for hydroxylation is 1. The highest BCUT2D eigenvalue weighted by molar-refractivity contribution is 6.31. The topological polar surface area (TPSA) is 18.5 Å². The van der Waals surface area contributed by atoms with E-state index in [1.807, 2.05) is 48.5 Å². The zero-order valence-electron chi connectivity index (χ0n) is 16.0. The van der Waals surface area contributed by atoms with E-state index in [-0.39, 0.29) is 5.41 Å². The molecule has 2 nitrogen and oxygen atoms in total. The quantitative estimate of drug-likeness (QED) is 0.442. The first-order valence-corrected chi connectivity index (χ1v) is 9.48. The molecule has 3 aromatic rings. The molecule has 0 amide bonds. The predicted molar refractivity (Wildman–Crippen MR) is 112 cm³/mol. The minimum absolute atomic E-state index is 0.0711. The molecule has 0 aromatic heterocycles. The van der Waals surface area contributed by atoms with E-state index in [1.165, 1.54) is 11.1 Å². The van der Waals surface area contributed by atoms with Gasteiger partial charge in [0.15, 0.2) is 0 Å². The van der Waals surface area contributed by atoms with Gasteiger partial charge in [0, 0.05) is 16.0 Å². The van der Waals surface area contributed by atoms with Gasteiger partial charge in [0.25, 0.3) is 0 Å². The molecular formula is C24H25ClO2. The Morgan fingerprint density at radius 2 is 1.56 bits per heavy atom. The number of benzene rings is 3. The summed E-state index contributed by atoms with van der Waals surface area (Å²) in [6.07, 6.45) is 0. The van der Waals surface area contributed by atoms with Gasteiger partial charge in [-0.05, 0) is 42.8 Å². The third-order valence-corrected chi connectivity index (χ3v) is 4.92. The Kier molecular flexibility index (Phi) is 6.20. The Hall–Kier alpha value is -2.29. The average molecular weight is 381 g/mol. The fourth-order valence-electron chi connectivity index (χ4n) is 2.85. The van der Waals surface area contributed by atoms with Gasteiger partial charge in [-0.2, -0.15) is 0 Å². The second-order valence-corrected chi connectivity index (χ2v) is 7.82. The summed E-state index contributed by atoms with van der Waals surface area (Å²) in [5, 5.41) is 0.684. The molecule has 0 bridgehead atoms. The Labute approximate surface area is 166 Å². The number of halogens is 1. The predicted octanol–water partition coefficient (Wildman–Crippen LogP) is 6.94. The second kappa shape index (κ2) is 8.60. The maximum Gasteiger partial charge on any atom is 0.127 e. The lowest BCUT2D eigenvalue weighted by molar-refractivity contribution is 0.0824. The van der Waals surface area contributed by atoms with Crippen LogP contribution in [0.15, 0.2) is 72.8 Å². The molecule has 0 saturated carbocycles. The van der Waals surface area contributed by atoms with Gasteiger partial charge in [-0.3, -0.25) is 0 Å². The molecule has 0 saturated heterocycles. The van der Waals surface area contributed by atoms with E-state index >= 15 is 0 Å². The number of ether oxygens (including phenoxy) is 2. The van der Waals surface area contributed by atoms with Crippen molar-refractivity contribution < 1.29 is 9.47 Å². The highest BCUT2D eigenvalue weighted by Gasteiger charge is 2.21. The first-order chi connectivity index (χ1) is 12.9. The van der Waals surface area contributed by atoms with Crippen LogP contribution in [0.2, 0.25) is 5.02 Å². The lowest BCUT2D eigenvalue weighted by atomic mass is 9.85. The number of rotatable bonds is 7. The van der Waals surface area contributed by atoms with Gasteiger partial charge in [-0.25, -0.2) is 0 Å². The lowest BCUT2D eigenvalue weighted by Gasteiger charge is -2.25. The van der Waals surface area contributed by atoms with Crippen LogP contribution in [0.25, 0.3) is 0 Å². The summed E-state index contributed by atoms with van der Waals surface area (Å²) >= 11 is 6.35. The molecule has 140 valence electrons. The van der Waals surface area contributed by atoms with Crippen LogP contribution < -0.4 is 4.74 Å². The molecule has 27 heavy (non-hydrogen) atoms. The van der Waals surface area contributed by atoms with Crippen LogP contribution in [0.1, 0.15) is 30.5 Å².